The van der Waals surface area contributed by atoms with Crippen LogP contribution in [0.1, 0.15) is 27.9 Å². The van der Waals surface area contributed by atoms with Gasteiger partial charge in [-0.2, -0.15) is 5.26 Å². The SMILES string of the molecule is Cc1ccc(C#N)c(N2CCOC(C)(CNC(=O)Cc3ccc(C)s3)C2)n1. The molecule has 0 radical (unpaired) electrons. The standard InChI is InChI=1S/C20H24N4O2S/c1-14-4-6-16(11-21)19(23-14)24-8-9-26-20(3,13-24)12-22-18(25)10-17-7-5-15(2)27-17/h4-7H,8-10,12-13H2,1-3H3,(H,22,25). The molecule has 1 aliphatic rings. The van der Waals surface area contributed by atoms with E-state index < -0.39 is 5.60 Å². The molecule has 1 saturated heterocycles. The number of rotatable bonds is 5. The Kier molecular flexibility index (Phi) is 5.78. The first-order chi connectivity index (χ1) is 12.9. The topological polar surface area (TPSA) is 78.3 Å². The van der Waals surface area contributed by atoms with Crippen LogP contribution >= 0.6 is 11.3 Å². The number of aromatic nitrogens is 1. The van der Waals surface area contributed by atoms with Crippen molar-refractivity contribution in [3.8, 4) is 6.07 Å². The fraction of sp³-hybridized carbons (Fsp3) is 0.450. The number of pyridine rings is 1. The molecule has 0 spiro atoms. The van der Waals surface area contributed by atoms with E-state index in [9.17, 15) is 10.1 Å². The van der Waals surface area contributed by atoms with Crippen molar-refractivity contribution in [3.63, 3.8) is 0 Å². The Balaban J connectivity index is 1.63. The zero-order valence-electron chi connectivity index (χ0n) is 15.9. The van der Waals surface area contributed by atoms with E-state index in [0.717, 1.165) is 10.6 Å². The number of anilines is 1. The van der Waals surface area contributed by atoms with Crippen molar-refractivity contribution in [2.24, 2.45) is 0 Å². The van der Waals surface area contributed by atoms with Gasteiger partial charge in [-0.05, 0) is 45.0 Å². The number of morpholine rings is 1. The summed E-state index contributed by atoms with van der Waals surface area (Å²) in [5.41, 5.74) is 0.899. The number of nitrogens with zero attached hydrogens (tertiary/aromatic N) is 3. The minimum atomic E-state index is -0.530. The number of aryl methyl sites for hydroxylation is 2. The lowest BCUT2D eigenvalue weighted by Crippen LogP contribution is -2.56. The van der Waals surface area contributed by atoms with Gasteiger partial charge < -0.3 is 15.0 Å². The molecule has 27 heavy (non-hydrogen) atoms. The van der Waals surface area contributed by atoms with E-state index in [1.165, 1.54) is 4.88 Å². The van der Waals surface area contributed by atoms with E-state index >= 15 is 0 Å². The summed E-state index contributed by atoms with van der Waals surface area (Å²) >= 11 is 1.64. The second-order valence-corrected chi connectivity index (χ2v) is 8.49. The van der Waals surface area contributed by atoms with Gasteiger partial charge in [-0.3, -0.25) is 4.79 Å². The fourth-order valence-electron chi connectivity index (χ4n) is 3.18. The quantitative estimate of drug-likeness (QED) is 0.857. The molecule has 6 nitrogen and oxygen atoms in total. The number of thiophene rings is 1. The lowest BCUT2D eigenvalue weighted by Gasteiger charge is -2.41. The van der Waals surface area contributed by atoms with Gasteiger partial charge in [0.1, 0.15) is 17.5 Å². The molecule has 1 amide bonds. The third-order valence-corrected chi connectivity index (χ3v) is 5.56. The molecule has 1 N–H and O–H groups in total. The highest BCUT2D eigenvalue weighted by Gasteiger charge is 2.34. The van der Waals surface area contributed by atoms with Crippen molar-refractivity contribution in [2.45, 2.75) is 32.8 Å². The summed E-state index contributed by atoms with van der Waals surface area (Å²) in [6.07, 6.45) is 0.385. The van der Waals surface area contributed by atoms with Crippen LogP contribution in [-0.2, 0) is 16.0 Å². The second kappa shape index (κ2) is 8.07. The van der Waals surface area contributed by atoms with Crippen LogP contribution in [0.15, 0.2) is 24.3 Å². The van der Waals surface area contributed by atoms with E-state index in [2.05, 4.69) is 21.3 Å². The van der Waals surface area contributed by atoms with Crippen molar-refractivity contribution < 1.29 is 9.53 Å². The molecule has 1 atom stereocenters. The van der Waals surface area contributed by atoms with Gasteiger partial charge in [0.2, 0.25) is 5.91 Å². The normalized spacial score (nSPS) is 19.6. The van der Waals surface area contributed by atoms with Crippen LogP contribution in [0.25, 0.3) is 0 Å². The number of carbonyl (C=O) groups excluding carboxylic acids is 1. The third-order valence-electron chi connectivity index (χ3n) is 4.56. The van der Waals surface area contributed by atoms with Crippen LogP contribution in [0, 0.1) is 25.2 Å². The molecular weight excluding hydrogens is 360 g/mol. The van der Waals surface area contributed by atoms with Crippen LogP contribution in [0.4, 0.5) is 5.82 Å². The second-order valence-electron chi connectivity index (χ2n) is 7.12. The molecule has 1 aliphatic heterocycles. The highest BCUT2D eigenvalue weighted by Crippen LogP contribution is 2.25. The highest BCUT2D eigenvalue weighted by atomic mass is 32.1. The van der Waals surface area contributed by atoms with Gasteiger partial charge in [0.15, 0.2) is 0 Å². The number of ether oxygens (including phenoxy) is 1. The summed E-state index contributed by atoms with van der Waals surface area (Å²) in [6.45, 7) is 8.11. The van der Waals surface area contributed by atoms with Crippen molar-refractivity contribution in [1.82, 2.24) is 10.3 Å². The molecule has 1 fully saturated rings. The summed E-state index contributed by atoms with van der Waals surface area (Å²) < 4.78 is 5.96. The Morgan fingerprint density at radius 3 is 2.93 bits per heavy atom. The smallest absolute Gasteiger partial charge is 0.225 e. The summed E-state index contributed by atoms with van der Waals surface area (Å²) in [5, 5.41) is 12.4. The molecule has 0 saturated carbocycles. The van der Waals surface area contributed by atoms with E-state index in [-0.39, 0.29) is 5.91 Å². The maximum atomic E-state index is 12.3. The zero-order valence-corrected chi connectivity index (χ0v) is 16.7. The number of hydrogen-bond donors (Lipinski definition) is 1. The zero-order chi connectivity index (χ0) is 19.4. The first-order valence-electron chi connectivity index (χ1n) is 8.97. The lowest BCUT2D eigenvalue weighted by atomic mass is 10.0. The summed E-state index contributed by atoms with van der Waals surface area (Å²) in [4.78, 5) is 21.2. The molecule has 0 aliphatic carbocycles. The van der Waals surface area contributed by atoms with Crippen LogP contribution in [0.5, 0.6) is 0 Å². The van der Waals surface area contributed by atoms with Gasteiger partial charge in [0, 0.05) is 35.1 Å². The molecule has 142 valence electrons. The van der Waals surface area contributed by atoms with Gasteiger partial charge in [0.05, 0.1) is 18.6 Å². The fourth-order valence-corrected chi connectivity index (χ4v) is 4.07. The first kappa shape index (κ1) is 19.3. The molecule has 2 aromatic heterocycles. The first-order valence-corrected chi connectivity index (χ1v) is 9.79. The monoisotopic (exact) mass is 384 g/mol. The van der Waals surface area contributed by atoms with Crippen molar-refractivity contribution in [2.75, 3.05) is 31.1 Å². The Morgan fingerprint density at radius 1 is 1.41 bits per heavy atom. The average molecular weight is 385 g/mol. The summed E-state index contributed by atoms with van der Waals surface area (Å²) in [5.74, 6) is 0.678. The average Bonchev–Trinajstić information content (AvgIpc) is 3.05. The number of amides is 1. The van der Waals surface area contributed by atoms with Crippen molar-refractivity contribution in [1.29, 1.82) is 5.26 Å². The summed E-state index contributed by atoms with van der Waals surface area (Å²) in [7, 11) is 0. The largest absolute Gasteiger partial charge is 0.370 e. The van der Waals surface area contributed by atoms with Crippen LogP contribution in [0.2, 0.25) is 0 Å². The van der Waals surface area contributed by atoms with Crippen molar-refractivity contribution in [3.05, 3.63) is 45.3 Å². The van der Waals surface area contributed by atoms with Crippen LogP contribution < -0.4 is 10.2 Å². The van der Waals surface area contributed by atoms with Crippen molar-refractivity contribution >= 4 is 23.1 Å². The maximum Gasteiger partial charge on any atom is 0.225 e. The molecule has 7 heteroatoms. The lowest BCUT2D eigenvalue weighted by molar-refractivity contribution is -0.122. The van der Waals surface area contributed by atoms with E-state index in [4.69, 9.17) is 4.74 Å². The Labute approximate surface area is 163 Å². The third kappa shape index (κ3) is 4.85. The molecule has 1 unspecified atom stereocenters. The van der Waals surface area contributed by atoms with Crippen LogP contribution in [0.3, 0.4) is 0 Å². The van der Waals surface area contributed by atoms with Gasteiger partial charge in [-0.25, -0.2) is 4.98 Å². The van der Waals surface area contributed by atoms with Gasteiger partial charge >= 0.3 is 0 Å². The number of carbonyl (C=O) groups is 1. The molecule has 0 bridgehead atoms. The van der Waals surface area contributed by atoms with Gasteiger partial charge in [-0.15, -0.1) is 11.3 Å². The Bertz CT molecular complexity index is 873. The predicted molar refractivity (Wildman–Crippen MR) is 106 cm³/mol. The molecule has 0 aromatic carbocycles. The Morgan fingerprint density at radius 2 is 2.22 bits per heavy atom. The van der Waals surface area contributed by atoms with Gasteiger partial charge in [0.25, 0.3) is 0 Å². The minimum Gasteiger partial charge on any atom is -0.370 e. The molecular formula is C20H24N4O2S. The Hall–Kier alpha value is -2.43. The van der Waals surface area contributed by atoms with Crippen LogP contribution in [-0.4, -0.2) is 42.7 Å². The number of nitriles is 1. The van der Waals surface area contributed by atoms with E-state index in [1.54, 1.807) is 17.4 Å². The summed E-state index contributed by atoms with van der Waals surface area (Å²) in [6, 6.07) is 9.87. The molecule has 3 rings (SSSR count). The van der Waals surface area contributed by atoms with E-state index in [0.29, 0.717) is 44.0 Å². The highest BCUT2D eigenvalue weighted by molar-refractivity contribution is 7.12. The molecule has 2 aromatic rings. The minimum absolute atomic E-state index is 0.00908. The maximum absolute atomic E-state index is 12.3. The number of nitrogens with one attached hydrogen (secondary N) is 1. The van der Waals surface area contributed by atoms with E-state index in [1.807, 2.05) is 39.0 Å². The molecule has 3 heterocycles. The number of hydrogen-bond acceptors (Lipinski definition) is 6. The predicted octanol–water partition coefficient (Wildman–Crippen LogP) is 2.59. The van der Waals surface area contributed by atoms with Gasteiger partial charge in [-0.1, -0.05) is 0 Å².